The Balaban J connectivity index is 1.77. The fraction of sp³-hybridized carbons (Fsp3) is 0.235. The minimum atomic E-state index is 0.485. The van der Waals surface area contributed by atoms with E-state index in [2.05, 4.69) is 0 Å². The first-order valence-corrected chi connectivity index (χ1v) is 6.77. The Morgan fingerprint density at radius 1 is 0.952 bits per heavy atom. The van der Waals surface area contributed by atoms with E-state index in [0.29, 0.717) is 30.3 Å². The van der Waals surface area contributed by atoms with Gasteiger partial charge in [-0.2, -0.15) is 0 Å². The Kier molecular flexibility index (Phi) is 5.64. The maximum atomic E-state index is 11.0. The molecule has 21 heavy (non-hydrogen) atoms. The molecule has 0 spiro atoms. The van der Waals surface area contributed by atoms with Gasteiger partial charge in [0.1, 0.15) is 17.2 Å². The van der Waals surface area contributed by atoms with Gasteiger partial charge in [-0.05, 0) is 30.3 Å². The van der Waals surface area contributed by atoms with Crippen LogP contribution in [0.15, 0.2) is 48.5 Å². The van der Waals surface area contributed by atoms with Crippen molar-refractivity contribution in [3.8, 4) is 17.2 Å². The molecule has 4 heteroatoms. The quantitative estimate of drug-likeness (QED) is 0.551. The molecule has 0 amide bonds. The van der Waals surface area contributed by atoms with Crippen LogP contribution in [0.25, 0.3) is 0 Å². The van der Waals surface area contributed by atoms with Gasteiger partial charge in [-0.25, -0.2) is 0 Å². The molecule has 0 N–H and O–H groups in total. The molecule has 0 radical (unpaired) electrons. The van der Waals surface area contributed by atoms with Crippen LogP contribution in [-0.4, -0.2) is 26.6 Å². The third-order valence-corrected chi connectivity index (χ3v) is 2.90. The average molecular weight is 286 g/mol. The number of aldehydes is 1. The molecule has 0 saturated heterocycles. The van der Waals surface area contributed by atoms with Gasteiger partial charge in [0.05, 0.1) is 25.9 Å². The van der Waals surface area contributed by atoms with E-state index in [1.165, 1.54) is 0 Å². The molecule has 2 aromatic rings. The van der Waals surface area contributed by atoms with E-state index in [1.54, 1.807) is 25.3 Å². The van der Waals surface area contributed by atoms with Gasteiger partial charge < -0.3 is 14.2 Å². The number of hydrogen-bond donors (Lipinski definition) is 0. The lowest BCUT2D eigenvalue weighted by molar-refractivity contribution is 0.111. The van der Waals surface area contributed by atoms with Crippen LogP contribution in [0.3, 0.4) is 0 Å². The van der Waals surface area contributed by atoms with Crippen molar-refractivity contribution in [2.24, 2.45) is 0 Å². The van der Waals surface area contributed by atoms with Gasteiger partial charge in [0.25, 0.3) is 0 Å². The van der Waals surface area contributed by atoms with Gasteiger partial charge in [0.15, 0.2) is 6.29 Å². The zero-order valence-electron chi connectivity index (χ0n) is 12.0. The zero-order valence-corrected chi connectivity index (χ0v) is 12.0. The number of para-hydroxylation sites is 1. The van der Waals surface area contributed by atoms with Crippen molar-refractivity contribution in [2.75, 3.05) is 20.3 Å². The van der Waals surface area contributed by atoms with Gasteiger partial charge in [-0.1, -0.05) is 18.2 Å². The van der Waals surface area contributed by atoms with Crippen molar-refractivity contribution in [2.45, 2.75) is 6.42 Å². The molecular formula is C17H18O4. The maximum Gasteiger partial charge on any atom is 0.153 e. The van der Waals surface area contributed by atoms with Crippen LogP contribution in [0, 0.1) is 0 Å². The van der Waals surface area contributed by atoms with E-state index in [-0.39, 0.29) is 0 Å². The topological polar surface area (TPSA) is 44.8 Å². The fourth-order valence-electron chi connectivity index (χ4n) is 1.82. The molecule has 4 nitrogen and oxygen atoms in total. The van der Waals surface area contributed by atoms with E-state index < -0.39 is 0 Å². The van der Waals surface area contributed by atoms with Crippen LogP contribution < -0.4 is 14.2 Å². The summed E-state index contributed by atoms with van der Waals surface area (Å²) in [6.45, 7) is 1.05. The highest BCUT2D eigenvalue weighted by molar-refractivity contribution is 5.80. The molecule has 0 aliphatic rings. The SMILES string of the molecule is COc1ccc(OCCCOc2ccccc2)c(C=O)c1. The lowest BCUT2D eigenvalue weighted by Gasteiger charge is -2.10. The molecule has 0 fully saturated rings. The van der Waals surface area contributed by atoms with Crippen LogP contribution in [0.5, 0.6) is 17.2 Å². The summed E-state index contributed by atoms with van der Waals surface area (Å²) in [5.74, 6) is 2.04. The first kappa shape index (κ1) is 14.9. The summed E-state index contributed by atoms with van der Waals surface area (Å²) in [6.07, 6.45) is 1.50. The van der Waals surface area contributed by atoms with Gasteiger partial charge in [-0.15, -0.1) is 0 Å². The third-order valence-electron chi connectivity index (χ3n) is 2.90. The maximum absolute atomic E-state index is 11.0. The highest BCUT2D eigenvalue weighted by Gasteiger charge is 2.04. The number of hydrogen-bond acceptors (Lipinski definition) is 4. The Morgan fingerprint density at radius 2 is 1.71 bits per heavy atom. The summed E-state index contributed by atoms with van der Waals surface area (Å²) in [4.78, 5) is 11.0. The molecule has 0 aliphatic carbocycles. The summed E-state index contributed by atoms with van der Waals surface area (Å²) in [5, 5.41) is 0. The first-order chi connectivity index (χ1) is 10.3. The predicted molar refractivity (Wildman–Crippen MR) is 80.4 cm³/mol. The average Bonchev–Trinajstić information content (AvgIpc) is 2.55. The molecule has 0 atom stereocenters. The van der Waals surface area contributed by atoms with Crippen molar-refractivity contribution in [3.63, 3.8) is 0 Å². The standard InChI is InChI=1S/C17H18O4/c1-19-16-8-9-17(14(12-16)13-18)21-11-5-10-20-15-6-3-2-4-7-15/h2-4,6-9,12-13H,5,10-11H2,1H3. The van der Waals surface area contributed by atoms with Gasteiger partial charge >= 0.3 is 0 Å². The molecule has 0 saturated carbocycles. The van der Waals surface area contributed by atoms with Crippen LogP contribution in [0.4, 0.5) is 0 Å². The van der Waals surface area contributed by atoms with Crippen LogP contribution >= 0.6 is 0 Å². The summed E-state index contributed by atoms with van der Waals surface area (Å²) in [5.41, 5.74) is 0.485. The number of carbonyl (C=O) groups excluding carboxylic acids is 1. The van der Waals surface area contributed by atoms with Crippen LogP contribution in [0.1, 0.15) is 16.8 Å². The summed E-state index contributed by atoms with van der Waals surface area (Å²) < 4.78 is 16.2. The second-order valence-corrected chi connectivity index (χ2v) is 4.39. The smallest absolute Gasteiger partial charge is 0.153 e. The highest BCUT2D eigenvalue weighted by Crippen LogP contribution is 2.22. The van der Waals surface area contributed by atoms with Crippen molar-refractivity contribution < 1.29 is 19.0 Å². The molecule has 0 aromatic heterocycles. The molecule has 0 heterocycles. The second-order valence-electron chi connectivity index (χ2n) is 4.39. The normalized spacial score (nSPS) is 9.95. The molecule has 2 aromatic carbocycles. The number of carbonyl (C=O) groups is 1. The van der Waals surface area contributed by atoms with Gasteiger partial charge in [-0.3, -0.25) is 4.79 Å². The monoisotopic (exact) mass is 286 g/mol. The Hall–Kier alpha value is -2.49. The van der Waals surface area contributed by atoms with Crippen molar-refractivity contribution in [3.05, 3.63) is 54.1 Å². The fourth-order valence-corrected chi connectivity index (χ4v) is 1.82. The Bertz CT molecular complexity index is 566. The predicted octanol–water partition coefficient (Wildman–Crippen LogP) is 3.36. The van der Waals surface area contributed by atoms with E-state index in [9.17, 15) is 4.79 Å². The molecule has 0 aliphatic heterocycles. The second kappa shape index (κ2) is 7.94. The Labute approximate surface area is 124 Å². The summed E-state index contributed by atoms with van der Waals surface area (Å²) in [6, 6.07) is 14.8. The van der Waals surface area contributed by atoms with Gasteiger partial charge in [0, 0.05) is 6.42 Å². The molecule has 2 rings (SSSR count). The first-order valence-electron chi connectivity index (χ1n) is 6.77. The summed E-state index contributed by atoms with van der Waals surface area (Å²) in [7, 11) is 1.56. The molecular weight excluding hydrogens is 268 g/mol. The highest BCUT2D eigenvalue weighted by atomic mass is 16.5. The Morgan fingerprint density at radius 3 is 2.43 bits per heavy atom. The summed E-state index contributed by atoms with van der Waals surface area (Å²) >= 11 is 0. The number of ether oxygens (including phenoxy) is 3. The largest absolute Gasteiger partial charge is 0.497 e. The van der Waals surface area contributed by atoms with E-state index in [0.717, 1.165) is 18.5 Å². The third kappa shape index (κ3) is 4.53. The minimum absolute atomic E-state index is 0.485. The van der Waals surface area contributed by atoms with E-state index in [4.69, 9.17) is 14.2 Å². The van der Waals surface area contributed by atoms with Crippen molar-refractivity contribution in [1.82, 2.24) is 0 Å². The molecule has 0 unspecified atom stereocenters. The minimum Gasteiger partial charge on any atom is -0.497 e. The van der Waals surface area contributed by atoms with Crippen LogP contribution in [-0.2, 0) is 0 Å². The van der Waals surface area contributed by atoms with Crippen molar-refractivity contribution >= 4 is 6.29 Å². The molecule has 110 valence electrons. The van der Waals surface area contributed by atoms with Crippen LogP contribution in [0.2, 0.25) is 0 Å². The lowest BCUT2D eigenvalue weighted by atomic mass is 10.2. The zero-order chi connectivity index (χ0) is 14.9. The number of methoxy groups -OCH3 is 1. The molecule has 0 bridgehead atoms. The van der Waals surface area contributed by atoms with E-state index >= 15 is 0 Å². The number of benzene rings is 2. The number of rotatable bonds is 8. The van der Waals surface area contributed by atoms with Gasteiger partial charge in [0.2, 0.25) is 0 Å². The lowest BCUT2D eigenvalue weighted by Crippen LogP contribution is -2.06. The van der Waals surface area contributed by atoms with Crippen molar-refractivity contribution in [1.29, 1.82) is 0 Å². The van der Waals surface area contributed by atoms with E-state index in [1.807, 2.05) is 30.3 Å².